The zero-order chi connectivity index (χ0) is 20.1. The number of carboxylic acids is 1. The van der Waals surface area contributed by atoms with Crippen molar-refractivity contribution in [2.45, 2.75) is 6.04 Å². The molecule has 27 heavy (non-hydrogen) atoms. The van der Waals surface area contributed by atoms with Gasteiger partial charge < -0.3 is 37.7 Å². The Morgan fingerprint density at radius 3 is 2.04 bits per heavy atom. The molecule has 9 heteroatoms. The molecule has 0 saturated carbocycles. The normalized spacial score (nSPS) is 12.3. The monoisotopic (exact) mass is 381 g/mol. The Labute approximate surface area is 159 Å². The summed E-state index contributed by atoms with van der Waals surface area (Å²) in [6.07, 6.45) is 0. The number of carbonyl (C=O) groups excluding carboxylic acids is 1. The van der Waals surface area contributed by atoms with E-state index >= 15 is 0 Å². The number of rotatable bonds is 15. The standard InChI is InChI=1S/C18H31N5O4/c19-5-7-22-9-15(10-23-8-6-20)18(21)14-3-1-13(2-4-14)16(24)11-27-12-17(25)26/h1-4,15,18,22-23H,5-12,19-21H2,(H,25,26). The Bertz CT molecular complexity index is 557. The zero-order valence-electron chi connectivity index (χ0n) is 15.5. The number of nitrogens with one attached hydrogen (secondary N) is 2. The average Bonchev–Trinajstić information content (AvgIpc) is 2.66. The van der Waals surface area contributed by atoms with Gasteiger partial charge in [-0.2, -0.15) is 0 Å². The molecule has 1 atom stereocenters. The molecule has 152 valence electrons. The highest BCUT2D eigenvalue weighted by atomic mass is 16.5. The maximum atomic E-state index is 12.0. The van der Waals surface area contributed by atoms with Crippen LogP contribution in [-0.4, -0.2) is 69.3 Å². The number of hydrogen-bond donors (Lipinski definition) is 6. The van der Waals surface area contributed by atoms with Crippen molar-refractivity contribution in [2.75, 3.05) is 52.5 Å². The average molecular weight is 381 g/mol. The fraction of sp³-hybridized carbons (Fsp3) is 0.556. The minimum absolute atomic E-state index is 0.128. The second-order valence-corrected chi connectivity index (χ2v) is 6.20. The van der Waals surface area contributed by atoms with Crippen molar-refractivity contribution in [3.05, 3.63) is 35.4 Å². The van der Waals surface area contributed by atoms with Crippen LogP contribution in [0.25, 0.3) is 0 Å². The number of ether oxygens (including phenoxy) is 1. The molecule has 0 amide bonds. The predicted molar refractivity (Wildman–Crippen MR) is 103 cm³/mol. The molecule has 1 aromatic rings. The smallest absolute Gasteiger partial charge is 0.329 e. The maximum absolute atomic E-state index is 12.0. The number of nitrogens with two attached hydrogens (primary N) is 3. The summed E-state index contributed by atoms with van der Waals surface area (Å²) < 4.78 is 4.83. The van der Waals surface area contributed by atoms with Gasteiger partial charge in [0.2, 0.25) is 0 Å². The summed E-state index contributed by atoms with van der Waals surface area (Å²) in [5, 5.41) is 15.1. The number of ketones is 1. The summed E-state index contributed by atoms with van der Waals surface area (Å²) in [5.74, 6) is -1.26. The molecule has 0 radical (unpaired) electrons. The van der Waals surface area contributed by atoms with Gasteiger partial charge in [0.1, 0.15) is 13.2 Å². The molecule has 9 N–H and O–H groups in total. The van der Waals surface area contributed by atoms with Gasteiger partial charge in [-0.25, -0.2) is 4.79 Å². The van der Waals surface area contributed by atoms with Gasteiger partial charge in [0, 0.05) is 56.8 Å². The number of hydrogen-bond acceptors (Lipinski definition) is 8. The minimum atomic E-state index is -1.11. The third kappa shape index (κ3) is 9.05. The van der Waals surface area contributed by atoms with Crippen molar-refractivity contribution in [3.8, 4) is 0 Å². The quantitative estimate of drug-likeness (QED) is 0.160. The lowest BCUT2D eigenvalue weighted by atomic mass is 9.92. The summed E-state index contributed by atoms with van der Waals surface area (Å²) in [6, 6.07) is 6.76. The van der Waals surface area contributed by atoms with Gasteiger partial charge >= 0.3 is 5.97 Å². The van der Waals surface area contributed by atoms with Crippen LogP contribution in [0.15, 0.2) is 24.3 Å². The Morgan fingerprint density at radius 1 is 1.00 bits per heavy atom. The van der Waals surface area contributed by atoms with Crippen molar-refractivity contribution >= 4 is 11.8 Å². The summed E-state index contributed by atoms with van der Waals surface area (Å²) in [4.78, 5) is 22.4. The molecule has 0 spiro atoms. The van der Waals surface area contributed by atoms with Crippen molar-refractivity contribution in [1.82, 2.24) is 10.6 Å². The van der Waals surface area contributed by atoms with Crippen LogP contribution in [0.4, 0.5) is 0 Å². The van der Waals surface area contributed by atoms with Gasteiger partial charge in [0.25, 0.3) is 0 Å². The first kappa shape index (κ1) is 23.2. The molecule has 0 fully saturated rings. The SMILES string of the molecule is NCCNCC(CNCCN)C(N)c1ccc(C(=O)COCC(=O)O)cc1. The van der Waals surface area contributed by atoms with Crippen LogP contribution in [0.2, 0.25) is 0 Å². The topological polar surface area (TPSA) is 166 Å². The zero-order valence-corrected chi connectivity index (χ0v) is 15.5. The van der Waals surface area contributed by atoms with Crippen LogP contribution < -0.4 is 27.8 Å². The van der Waals surface area contributed by atoms with Crippen LogP contribution in [0, 0.1) is 5.92 Å². The van der Waals surface area contributed by atoms with Crippen LogP contribution >= 0.6 is 0 Å². The molecular weight excluding hydrogens is 350 g/mol. The van der Waals surface area contributed by atoms with E-state index in [1.807, 2.05) is 12.1 Å². The highest BCUT2D eigenvalue weighted by molar-refractivity contribution is 5.97. The van der Waals surface area contributed by atoms with E-state index in [4.69, 9.17) is 27.0 Å². The van der Waals surface area contributed by atoms with Crippen LogP contribution in [0.3, 0.4) is 0 Å². The Hall–Kier alpha value is -1.88. The Morgan fingerprint density at radius 2 is 1.56 bits per heavy atom. The van der Waals surface area contributed by atoms with E-state index in [0.717, 1.165) is 5.56 Å². The first-order valence-electron chi connectivity index (χ1n) is 8.99. The second kappa shape index (κ2) is 13.3. The molecule has 0 aliphatic carbocycles. The van der Waals surface area contributed by atoms with Crippen LogP contribution in [-0.2, 0) is 9.53 Å². The third-order valence-electron chi connectivity index (χ3n) is 4.04. The van der Waals surface area contributed by atoms with Crippen molar-refractivity contribution in [3.63, 3.8) is 0 Å². The van der Waals surface area contributed by atoms with Gasteiger partial charge in [-0.3, -0.25) is 4.79 Å². The fourth-order valence-electron chi connectivity index (χ4n) is 2.58. The lowest BCUT2D eigenvalue weighted by Gasteiger charge is -2.25. The van der Waals surface area contributed by atoms with Gasteiger partial charge in [0.05, 0.1) is 0 Å². The Balaban J connectivity index is 2.67. The van der Waals surface area contributed by atoms with Crippen LogP contribution in [0.5, 0.6) is 0 Å². The number of Topliss-reactive ketones (excluding diaryl/α,β-unsaturated/α-hetero) is 1. The van der Waals surface area contributed by atoms with Gasteiger partial charge in [-0.15, -0.1) is 0 Å². The van der Waals surface area contributed by atoms with E-state index in [1.165, 1.54) is 0 Å². The van der Waals surface area contributed by atoms with E-state index < -0.39 is 12.6 Å². The van der Waals surface area contributed by atoms with Gasteiger partial charge in [-0.1, -0.05) is 24.3 Å². The summed E-state index contributed by atoms with van der Waals surface area (Å²) in [5.41, 5.74) is 18.8. The number of benzene rings is 1. The largest absolute Gasteiger partial charge is 0.480 e. The van der Waals surface area contributed by atoms with Crippen molar-refractivity contribution in [1.29, 1.82) is 0 Å². The third-order valence-corrected chi connectivity index (χ3v) is 4.04. The molecular formula is C18H31N5O4. The van der Waals surface area contributed by atoms with E-state index in [1.54, 1.807) is 12.1 Å². The summed E-state index contributed by atoms with van der Waals surface area (Å²) in [6.45, 7) is 3.18. The van der Waals surface area contributed by atoms with Crippen molar-refractivity contribution in [2.24, 2.45) is 23.1 Å². The fourth-order valence-corrected chi connectivity index (χ4v) is 2.58. The van der Waals surface area contributed by atoms with E-state index in [2.05, 4.69) is 10.6 Å². The predicted octanol–water partition coefficient (Wildman–Crippen LogP) is -1.32. The van der Waals surface area contributed by atoms with E-state index in [9.17, 15) is 9.59 Å². The first-order valence-corrected chi connectivity index (χ1v) is 8.99. The number of carboxylic acid groups (broad SMARTS) is 1. The lowest BCUT2D eigenvalue weighted by molar-refractivity contribution is -0.141. The molecule has 0 heterocycles. The second-order valence-electron chi connectivity index (χ2n) is 6.20. The van der Waals surface area contributed by atoms with Crippen LogP contribution in [0.1, 0.15) is 22.0 Å². The molecule has 0 aliphatic rings. The lowest BCUT2D eigenvalue weighted by Crippen LogP contribution is -2.40. The minimum Gasteiger partial charge on any atom is -0.480 e. The van der Waals surface area contributed by atoms with Crippen molar-refractivity contribution < 1.29 is 19.4 Å². The van der Waals surface area contributed by atoms with Gasteiger partial charge in [-0.05, 0) is 5.56 Å². The number of aliphatic carboxylic acids is 1. The maximum Gasteiger partial charge on any atom is 0.329 e. The summed E-state index contributed by atoms with van der Waals surface area (Å²) >= 11 is 0. The molecule has 9 nitrogen and oxygen atoms in total. The molecule has 0 saturated heterocycles. The molecule has 1 aromatic carbocycles. The highest BCUT2D eigenvalue weighted by Gasteiger charge is 2.19. The van der Waals surface area contributed by atoms with E-state index in [-0.39, 0.29) is 24.3 Å². The van der Waals surface area contributed by atoms with Gasteiger partial charge in [0.15, 0.2) is 5.78 Å². The van der Waals surface area contributed by atoms with E-state index in [0.29, 0.717) is 44.8 Å². The molecule has 0 aliphatic heterocycles. The Kier molecular flexibility index (Phi) is 11.4. The molecule has 0 aromatic heterocycles. The summed E-state index contributed by atoms with van der Waals surface area (Å²) in [7, 11) is 0. The molecule has 0 bridgehead atoms. The molecule has 1 unspecified atom stereocenters. The molecule has 1 rings (SSSR count). The number of carbonyl (C=O) groups is 2. The first-order chi connectivity index (χ1) is 13.0. The highest BCUT2D eigenvalue weighted by Crippen LogP contribution is 2.20.